The molecule has 1 aliphatic rings. The summed E-state index contributed by atoms with van der Waals surface area (Å²) < 4.78 is 9.76. The maximum atomic E-state index is 11.6. The lowest BCUT2D eigenvalue weighted by atomic mass is 10.00. The van der Waals surface area contributed by atoms with Crippen LogP contribution in [0.15, 0.2) is 23.8 Å². The first-order valence-corrected chi connectivity index (χ1v) is 5.37. The number of nitrogens with zero attached hydrogens (tertiary/aromatic N) is 1. The summed E-state index contributed by atoms with van der Waals surface area (Å²) in [5.74, 6) is -0.554. The van der Waals surface area contributed by atoms with Crippen LogP contribution in [-0.4, -0.2) is 44.3 Å². The number of carbonyl (C=O) groups excluding carboxylic acids is 2. The molecule has 1 unspecified atom stereocenters. The standard InChI is InChI=1S/C12H17NO4/c1-13(2)12(15)17-10(11(14)16-3)9-7-5-4-6-8-9/h4-5,7,10H,6,8H2,1-3H3. The summed E-state index contributed by atoms with van der Waals surface area (Å²) in [7, 11) is 4.40. The van der Waals surface area contributed by atoms with Gasteiger partial charge >= 0.3 is 12.1 Å². The van der Waals surface area contributed by atoms with Crippen molar-refractivity contribution in [2.45, 2.75) is 18.9 Å². The highest BCUT2D eigenvalue weighted by Crippen LogP contribution is 2.19. The number of allylic oxidation sites excluding steroid dienone is 3. The number of methoxy groups -OCH3 is 1. The minimum atomic E-state index is -0.945. The van der Waals surface area contributed by atoms with Crippen molar-refractivity contribution >= 4 is 12.1 Å². The molecule has 1 amide bonds. The molecule has 0 radical (unpaired) electrons. The first-order chi connectivity index (χ1) is 8.06. The molecule has 0 spiro atoms. The zero-order valence-electron chi connectivity index (χ0n) is 10.3. The maximum absolute atomic E-state index is 11.6. The Morgan fingerprint density at radius 2 is 2.12 bits per heavy atom. The van der Waals surface area contributed by atoms with Crippen LogP contribution in [0, 0.1) is 0 Å². The molecule has 0 saturated carbocycles. The molecule has 0 aromatic carbocycles. The third-order valence-corrected chi connectivity index (χ3v) is 2.38. The first-order valence-electron chi connectivity index (χ1n) is 5.37. The SMILES string of the molecule is COC(=O)C(OC(=O)N(C)C)C1=CC=CCC1. The molecule has 0 heterocycles. The average Bonchev–Trinajstić information content (AvgIpc) is 2.35. The van der Waals surface area contributed by atoms with Crippen LogP contribution in [0.1, 0.15) is 12.8 Å². The Labute approximate surface area is 101 Å². The highest BCUT2D eigenvalue weighted by molar-refractivity contribution is 5.82. The zero-order chi connectivity index (χ0) is 12.8. The molecule has 0 aromatic rings. The van der Waals surface area contributed by atoms with E-state index in [1.54, 1.807) is 20.2 Å². The molecule has 0 saturated heterocycles. The van der Waals surface area contributed by atoms with Crippen molar-refractivity contribution in [1.29, 1.82) is 0 Å². The van der Waals surface area contributed by atoms with Gasteiger partial charge in [0.2, 0.25) is 6.10 Å². The van der Waals surface area contributed by atoms with E-state index in [0.717, 1.165) is 12.0 Å². The summed E-state index contributed by atoms with van der Waals surface area (Å²) in [6.07, 6.45) is 5.64. The Bertz CT molecular complexity index is 358. The molecule has 94 valence electrons. The van der Waals surface area contributed by atoms with Gasteiger partial charge in [0, 0.05) is 14.1 Å². The molecule has 1 atom stereocenters. The van der Waals surface area contributed by atoms with Gasteiger partial charge in [-0.05, 0) is 18.4 Å². The van der Waals surface area contributed by atoms with Crippen LogP contribution < -0.4 is 0 Å². The van der Waals surface area contributed by atoms with Gasteiger partial charge in [0.15, 0.2) is 0 Å². The second-order valence-electron chi connectivity index (χ2n) is 3.89. The van der Waals surface area contributed by atoms with Gasteiger partial charge in [0.05, 0.1) is 7.11 Å². The molecule has 5 heteroatoms. The summed E-state index contributed by atoms with van der Waals surface area (Å²) in [5.41, 5.74) is 0.759. The van der Waals surface area contributed by atoms with Gasteiger partial charge in [-0.25, -0.2) is 9.59 Å². The minimum Gasteiger partial charge on any atom is -0.466 e. The van der Waals surface area contributed by atoms with E-state index < -0.39 is 18.2 Å². The van der Waals surface area contributed by atoms with Crippen molar-refractivity contribution in [1.82, 2.24) is 4.90 Å². The van der Waals surface area contributed by atoms with E-state index in [9.17, 15) is 9.59 Å². The monoisotopic (exact) mass is 239 g/mol. The van der Waals surface area contributed by atoms with Gasteiger partial charge in [-0.3, -0.25) is 0 Å². The molecule has 0 N–H and O–H groups in total. The van der Waals surface area contributed by atoms with E-state index in [2.05, 4.69) is 4.74 Å². The van der Waals surface area contributed by atoms with Crippen LogP contribution in [-0.2, 0) is 14.3 Å². The number of carbonyl (C=O) groups is 2. The lowest BCUT2D eigenvalue weighted by Gasteiger charge is -2.21. The van der Waals surface area contributed by atoms with E-state index >= 15 is 0 Å². The molecule has 0 aliphatic heterocycles. The highest BCUT2D eigenvalue weighted by atomic mass is 16.6. The Hall–Kier alpha value is -1.78. The third kappa shape index (κ3) is 3.62. The van der Waals surface area contributed by atoms with E-state index in [1.165, 1.54) is 12.0 Å². The van der Waals surface area contributed by atoms with E-state index in [-0.39, 0.29) is 0 Å². The second-order valence-corrected chi connectivity index (χ2v) is 3.89. The van der Waals surface area contributed by atoms with Gasteiger partial charge in [-0.1, -0.05) is 18.2 Å². The van der Waals surface area contributed by atoms with E-state index in [0.29, 0.717) is 6.42 Å². The summed E-state index contributed by atoms with van der Waals surface area (Å²) in [5, 5.41) is 0. The quantitative estimate of drug-likeness (QED) is 0.700. The largest absolute Gasteiger partial charge is 0.466 e. The zero-order valence-corrected chi connectivity index (χ0v) is 10.3. The van der Waals surface area contributed by atoms with Gasteiger partial charge in [-0.2, -0.15) is 0 Å². The predicted molar refractivity (Wildman–Crippen MR) is 62.4 cm³/mol. The fourth-order valence-electron chi connectivity index (χ4n) is 1.43. The number of amides is 1. The van der Waals surface area contributed by atoms with E-state index in [4.69, 9.17) is 4.74 Å². The van der Waals surface area contributed by atoms with Gasteiger partial charge in [0.25, 0.3) is 0 Å². The minimum absolute atomic E-state index is 0.554. The topological polar surface area (TPSA) is 55.8 Å². The van der Waals surface area contributed by atoms with Crippen molar-refractivity contribution in [3.8, 4) is 0 Å². The van der Waals surface area contributed by atoms with Crippen molar-refractivity contribution in [3.05, 3.63) is 23.8 Å². The van der Waals surface area contributed by atoms with Crippen molar-refractivity contribution in [3.63, 3.8) is 0 Å². The maximum Gasteiger partial charge on any atom is 0.410 e. The predicted octanol–water partition coefficient (Wildman–Crippen LogP) is 1.50. The third-order valence-electron chi connectivity index (χ3n) is 2.38. The molecule has 0 fully saturated rings. The van der Waals surface area contributed by atoms with Crippen LogP contribution >= 0.6 is 0 Å². The molecular formula is C12H17NO4. The summed E-state index contributed by atoms with van der Waals surface area (Å²) in [6, 6.07) is 0. The van der Waals surface area contributed by atoms with Crippen LogP contribution in [0.4, 0.5) is 4.79 Å². The van der Waals surface area contributed by atoms with Crippen molar-refractivity contribution in [2.75, 3.05) is 21.2 Å². The van der Waals surface area contributed by atoms with Crippen molar-refractivity contribution in [2.24, 2.45) is 0 Å². The number of ether oxygens (including phenoxy) is 2. The molecular weight excluding hydrogens is 222 g/mol. The number of esters is 1. The van der Waals surface area contributed by atoms with Gasteiger partial charge < -0.3 is 14.4 Å². The molecule has 1 aliphatic carbocycles. The number of hydrogen-bond acceptors (Lipinski definition) is 4. The summed E-state index contributed by atoms with van der Waals surface area (Å²) in [6.45, 7) is 0. The summed E-state index contributed by atoms with van der Waals surface area (Å²) >= 11 is 0. The Morgan fingerprint density at radius 3 is 2.59 bits per heavy atom. The van der Waals surface area contributed by atoms with Crippen LogP contribution in [0.25, 0.3) is 0 Å². The molecule has 17 heavy (non-hydrogen) atoms. The number of rotatable bonds is 3. The van der Waals surface area contributed by atoms with Gasteiger partial charge in [-0.15, -0.1) is 0 Å². The lowest BCUT2D eigenvalue weighted by Crippen LogP contribution is -2.35. The van der Waals surface area contributed by atoms with Crippen molar-refractivity contribution < 1.29 is 19.1 Å². The highest BCUT2D eigenvalue weighted by Gasteiger charge is 2.28. The summed E-state index contributed by atoms with van der Waals surface area (Å²) in [4.78, 5) is 24.3. The normalized spacial score (nSPS) is 15.8. The first kappa shape index (κ1) is 13.3. The van der Waals surface area contributed by atoms with Crippen LogP contribution in [0.5, 0.6) is 0 Å². The molecule has 0 aromatic heterocycles. The fourth-order valence-corrected chi connectivity index (χ4v) is 1.43. The fraction of sp³-hybridized carbons (Fsp3) is 0.500. The lowest BCUT2D eigenvalue weighted by molar-refractivity contribution is -0.148. The number of hydrogen-bond donors (Lipinski definition) is 0. The Balaban J connectivity index is 2.80. The smallest absolute Gasteiger partial charge is 0.410 e. The second kappa shape index (κ2) is 6.08. The van der Waals surface area contributed by atoms with E-state index in [1.807, 2.05) is 12.2 Å². The van der Waals surface area contributed by atoms with Crippen LogP contribution in [0.3, 0.4) is 0 Å². The Morgan fingerprint density at radius 1 is 1.41 bits per heavy atom. The Kier molecular flexibility index (Phi) is 4.75. The average molecular weight is 239 g/mol. The van der Waals surface area contributed by atoms with Gasteiger partial charge in [0.1, 0.15) is 0 Å². The van der Waals surface area contributed by atoms with Crippen LogP contribution in [0.2, 0.25) is 0 Å². The molecule has 5 nitrogen and oxygen atoms in total. The molecule has 1 rings (SSSR count). The molecule has 0 bridgehead atoms.